The fourth-order valence-corrected chi connectivity index (χ4v) is 2.42. The fourth-order valence-electron chi connectivity index (χ4n) is 2.42. The molecule has 20 heavy (non-hydrogen) atoms. The lowest BCUT2D eigenvalue weighted by Crippen LogP contribution is -2.50. The number of amidine groups is 1. The molecule has 0 saturated carbocycles. The summed E-state index contributed by atoms with van der Waals surface area (Å²) in [5, 5.41) is 21.3. The zero-order chi connectivity index (χ0) is 14.7. The van der Waals surface area contributed by atoms with Gasteiger partial charge >= 0.3 is 0 Å². The molecule has 4 N–H and O–H groups in total. The van der Waals surface area contributed by atoms with Crippen LogP contribution in [-0.4, -0.2) is 48.1 Å². The minimum Gasteiger partial charge on any atom is -0.409 e. The fraction of sp³-hybridized carbons (Fsp3) is 0.500. The molecule has 0 amide bonds. The van der Waals surface area contributed by atoms with Gasteiger partial charge in [0.25, 0.3) is 0 Å². The molecule has 1 aromatic carbocycles. The lowest BCUT2D eigenvalue weighted by Gasteiger charge is -2.40. The SMILES string of the molecule is Cc1ccc(N2CC(CO)OCC2C)c(/C(N)=N/O)c1. The van der Waals surface area contributed by atoms with Crippen molar-refractivity contribution in [2.75, 3.05) is 24.7 Å². The molecule has 1 heterocycles. The van der Waals surface area contributed by atoms with Crippen molar-refractivity contribution < 1.29 is 15.1 Å². The zero-order valence-corrected chi connectivity index (χ0v) is 11.8. The number of oxime groups is 1. The van der Waals surface area contributed by atoms with E-state index in [2.05, 4.69) is 10.1 Å². The van der Waals surface area contributed by atoms with Gasteiger partial charge in [-0.25, -0.2) is 0 Å². The molecule has 1 fully saturated rings. The minimum absolute atomic E-state index is 0.0199. The lowest BCUT2D eigenvalue weighted by molar-refractivity contribution is -0.0103. The Labute approximate surface area is 118 Å². The molecule has 2 rings (SSSR count). The summed E-state index contributed by atoms with van der Waals surface area (Å²) < 4.78 is 5.54. The van der Waals surface area contributed by atoms with Crippen molar-refractivity contribution in [2.45, 2.75) is 26.0 Å². The summed E-state index contributed by atoms with van der Waals surface area (Å²) in [6.07, 6.45) is -0.215. The van der Waals surface area contributed by atoms with Crippen molar-refractivity contribution >= 4 is 11.5 Å². The van der Waals surface area contributed by atoms with E-state index in [0.29, 0.717) is 18.7 Å². The largest absolute Gasteiger partial charge is 0.409 e. The van der Waals surface area contributed by atoms with E-state index in [4.69, 9.17) is 15.7 Å². The van der Waals surface area contributed by atoms with Crippen LogP contribution in [0, 0.1) is 6.92 Å². The first-order valence-electron chi connectivity index (χ1n) is 6.64. The molecule has 6 nitrogen and oxygen atoms in total. The van der Waals surface area contributed by atoms with Crippen LogP contribution in [0.2, 0.25) is 0 Å². The van der Waals surface area contributed by atoms with Gasteiger partial charge in [0.05, 0.1) is 19.3 Å². The molecule has 1 aliphatic heterocycles. The number of nitrogens with two attached hydrogens (primary N) is 1. The molecule has 0 spiro atoms. The first-order valence-corrected chi connectivity index (χ1v) is 6.64. The van der Waals surface area contributed by atoms with Crippen molar-refractivity contribution in [3.05, 3.63) is 29.3 Å². The van der Waals surface area contributed by atoms with Gasteiger partial charge in [-0.2, -0.15) is 0 Å². The zero-order valence-electron chi connectivity index (χ0n) is 11.8. The van der Waals surface area contributed by atoms with Crippen LogP contribution < -0.4 is 10.6 Å². The smallest absolute Gasteiger partial charge is 0.172 e. The maximum atomic E-state index is 9.27. The highest BCUT2D eigenvalue weighted by Crippen LogP contribution is 2.26. The van der Waals surface area contributed by atoms with Gasteiger partial charge in [-0.1, -0.05) is 16.8 Å². The summed E-state index contributed by atoms with van der Waals surface area (Å²) in [6, 6.07) is 5.99. The molecule has 1 saturated heterocycles. The number of hydrogen-bond donors (Lipinski definition) is 3. The third-order valence-corrected chi connectivity index (χ3v) is 3.55. The predicted octanol–water partition coefficient (Wildman–Crippen LogP) is 0.676. The number of aliphatic hydroxyl groups is 1. The molecule has 0 aliphatic carbocycles. The molecule has 1 aliphatic rings. The van der Waals surface area contributed by atoms with Gasteiger partial charge in [-0.15, -0.1) is 0 Å². The molecule has 110 valence electrons. The Bertz CT molecular complexity index is 504. The summed E-state index contributed by atoms with van der Waals surface area (Å²) in [7, 11) is 0. The van der Waals surface area contributed by atoms with Gasteiger partial charge in [0.2, 0.25) is 0 Å². The van der Waals surface area contributed by atoms with Crippen molar-refractivity contribution in [1.82, 2.24) is 0 Å². The third kappa shape index (κ3) is 2.86. The number of hydrogen-bond acceptors (Lipinski definition) is 5. The number of anilines is 1. The predicted molar refractivity (Wildman–Crippen MR) is 77.3 cm³/mol. The van der Waals surface area contributed by atoms with E-state index in [-0.39, 0.29) is 24.6 Å². The van der Waals surface area contributed by atoms with Crippen LogP contribution in [0.3, 0.4) is 0 Å². The van der Waals surface area contributed by atoms with E-state index < -0.39 is 0 Å². The molecular weight excluding hydrogens is 258 g/mol. The van der Waals surface area contributed by atoms with Crippen LogP contribution >= 0.6 is 0 Å². The number of ether oxygens (including phenoxy) is 1. The van der Waals surface area contributed by atoms with Crippen LogP contribution in [0.5, 0.6) is 0 Å². The molecule has 0 bridgehead atoms. The number of morpholine rings is 1. The molecule has 2 unspecified atom stereocenters. The quantitative estimate of drug-likeness (QED) is 0.327. The van der Waals surface area contributed by atoms with Gasteiger partial charge in [0, 0.05) is 23.8 Å². The van der Waals surface area contributed by atoms with Crippen molar-refractivity contribution in [1.29, 1.82) is 0 Å². The lowest BCUT2D eigenvalue weighted by atomic mass is 10.0. The second-order valence-electron chi connectivity index (χ2n) is 5.15. The summed E-state index contributed by atoms with van der Waals surface area (Å²) in [5.74, 6) is 0.0861. The highest BCUT2D eigenvalue weighted by molar-refractivity contribution is 6.02. The Morgan fingerprint density at radius 1 is 1.55 bits per heavy atom. The standard InChI is InChI=1S/C14H21N3O3/c1-9-3-4-13(12(5-9)14(15)16-19)17-6-11(7-18)20-8-10(17)2/h3-5,10-11,18-19H,6-8H2,1-2H3,(H2,15,16). The summed E-state index contributed by atoms with van der Waals surface area (Å²) in [6.45, 7) is 5.09. The first kappa shape index (κ1) is 14.6. The van der Waals surface area contributed by atoms with Crippen LogP contribution in [0.1, 0.15) is 18.1 Å². The second-order valence-corrected chi connectivity index (χ2v) is 5.15. The number of aryl methyl sites for hydroxylation is 1. The maximum absolute atomic E-state index is 9.27. The molecule has 6 heteroatoms. The van der Waals surface area contributed by atoms with E-state index in [9.17, 15) is 5.11 Å². The van der Waals surface area contributed by atoms with E-state index in [1.807, 2.05) is 32.0 Å². The van der Waals surface area contributed by atoms with Gasteiger partial charge in [-0.05, 0) is 26.0 Å². The van der Waals surface area contributed by atoms with Gasteiger partial charge < -0.3 is 25.7 Å². The highest BCUT2D eigenvalue weighted by atomic mass is 16.5. The average molecular weight is 279 g/mol. The molecule has 0 aromatic heterocycles. The average Bonchev–Trinajstić information content (AvgIpc) is 2.47. The van der Waals surface area contributed by atoms with Gasteiger partial charge in [-0.3, -0.25) is 0 Å². The van der Waals surface area contributed by atoms with Crippen LogP contribution in [0.4, 0.5) is 5.69 Å². The topological polar surface area (TPSA) is 91.3 Å². The molecule has 1 aromatic rings. The van der Waals surface area contributed by atoms with Gasteiger partial charge in [0.1, 0.15) is 0 Å². The van der Waals surface area contributed by atoms with Crippen LogP contribution in [0.15, 0.2) is 23.4 Å². The van der Waals surface area contributed by atoms with E-state index in [0.717, 1.165) is 11.3 Å². The van der Waals surface area contributed by atoms with Crippen molar-refractivity contribution in [3.8, 4) is 0 Å². The second kappa shape index (κ2) is 6.11. The number of nitrogens with zero attached hydrogens (tertiary/aromatic N) is 2. The van der Waals surface area contributed by atoms with Crippen LogP contribution in [0.25, 0.3) is 0 Å². The highest BCUT2D eigenvalue weighted by Gasteiger charge is 2.27. The van der Waals surface area contributed by atoms with E-state index in [1.165, 1.54) is 0 Å². The Kier molecular flexibility index (Phi) is 4.46. The monoisotopic (exact) mass is 279 g/mol. The molecule has 0 radical (unpaired) electrons. The molecule has 2 atom stereocenters. The number of rotatable bonds is 3. The molecular formula is C14H21N3O3. The Balaban J connectivity index is 2.40. The van der Waals surface area contributed by atoms with E-state index >= 15 is 0 Å². The third-order valence-electron chi connectivity index (χ3n) is 3.55. The van der Waals surface area contributed by atoms with Gasteiger partial charge in [0.15, 0.2) is 5.84 Å². The summed E-state index contributed by atoms with van der Waals surface area (Å²) in [5.41, 5.74) is 8.39. The summed E-state index contributed by atoms with van der Waals surface area (Å²) in [4.78, 5) is 2.12. The normalized spacial score (nSPS) is 23.9. The maximum Gasteiger partial charge on any atom is 0.172 e. The number of aliphatic hydroxyl groups excluding tert-OH is 1. The minimum atomic E-state index is -0.215. The van der Waals surface area contributed by atoms with Crippen molar-refractivity contribution in [3.63, 3.8) is 0 Å². The summed E-state index contributed by atoms with van der Waals surface area (Å²) >= 11 is 0. The number of benzene rings is 1. The first-order chi connectivity index (χ1) is 9.56. The Hall–Kier alpha value is -1.79. The van der Waals surface area contributed by atoms with Crippen molar-refractivity contribution in [2.24, 2.45) is 10.9 Å². The van der Waals surface area contributed by atoms with Crippen LogP contribution in [-0.2, 0) is 4.74 Å². The Morgan fingerprint density at radius 2 is 2.30 bits per heavy atom. The van der Waals surface area contributed by atoms with E-state index in [1.54, 1.807) is 0 Å². The Morgan fingerprint density at radius 3 is 2.95 bits per heavy atom.